The minimum atomic E-state index is -0.333. The first-order chi connectivity index (χ1) is 8.24. The van der Waals surface area contributed by atoms with Gasteiger partial charge in [-0.15, -0.1) is 10.2 Å². The molecule has 0 saturated heterocycles. The van der Waals surface area contributed by atoms with Crippen molar-refractivity contribution in [2.24, 2.45) is 5.10 Å². The summed E-state index contributed by atoms with van der Waals surface area (Å²) in [5.74, 6) is 0.198. The Morgan fingerprint density at radius 3 is 3.12 bits per heavy atom. The Kier molecular flexibility index (Phi) is 3.61. The van der Waals surface area contributed by atoms with Gasteiger partial charge in [0.15, 0.2) is 0 Å². The highest BCUT2D eigenvalue weighted by Crippen LogP contribution is 2.09. The van der Waals surface area contributed by atoms with Gasteiger partial charge >= 0.3 is 0 Å². The Bertz CT molecular complexity index is 595. The van der Waals surface area contributed by atoms with Gasteiger partial charge in [0.2, 0.25) is 5.95 Å². The monoisotopic (exact) mass is 293 g/mol. The molecule has 0 bridgehead atoms. The highest BCUT2D eigenvalue weighted by atomic mass is 79.9. The molecule has 2 aromatic rings. The third kappa shape index (κ3) is 3.49. The van der Waals surface area contributed by atoms with Gasteiger partial charge in [-0.3, -0.25) is 9.78 Å². The van der Waals surface area contributed by atoms with Crippen LogP contribution in [0.4, 0.5) is 5.95 Å². The van der Waals surface area contributed by atoms with Crippen LogP contribution >= 0.6 is 15.9 Å². The lowest BCUT2D eigenvalue weighted by Crippen LogP contribution is -2.10. The van der Waals surface area contributed by atoms with Crippen molar-refractivity contribution < 1.29 is 0 Å². The molecular formula is C10H8BrN5O. The lowest BCUT2D eigenvalue weighted by molar-refractivity contribution is 0.939. The number of nitrogens with one attached hydrogen (secondary N) is 2. The normalized spacial score (nSPS) is 10.6. The fourth-order valence-electron chi connectivity index (χ4n) is 1.12. The van der Waals surface area contributed by atoms with E-state index in [1.807, 2.05) is 24.3 Å². The fraction of sp³-hybridized carbons (Fsp3) is 0. The second-order valence-corrected chi connectivity index (χ2v) is 4.02. The summed E-state index contributed by atoms with van der Waals surface area (Å²) in [5.41, 5.74) is 3.16. The zero-order valence-corrected chi connectivity index (χ0v) is 10.2. The van der Waals surface area contributed by atoms with Crippen LogP contribution in [0, 0.1) is 0 Å². The van der Waals surface area contributed by atoms with E-state index in [1.54, 1.807) is 6.21 Å². The van der Waals surface area contributed by atoms with Crippen LogP contribution in [0.3, 0.4) is 0 Å². The maximum Gasteiger partial charge on any atom is 0.271 e. The quantitative estimate of drug-likeness (QED) is 0.661. The standard InChI is InChI=1S/C10H8BrN5O/c11-8-3-1-2-7(4-8)5-12-15-10-14-9(17)6-13-16-10/h1-6H,(H2,14,15,16,17)/b12-5-. The molecule has 0 aliphatic heterocycles. The molecule has 0 spiro atoms. The van der Waals surface area contributed by atoms with Crippen LogP contribution in [0.25, 0.3) is 0 Å². The Balaban J connectivity index is 2.05. The van der Waals surface area contributed by atoms with E-state index in [0.29, 0.717) is 0 Å². The van der Waals surface area contributed by atoms with Crippen molar-refractivity contribution in [1.82, 2.24) is 15.2 Å². The molecule has 17 heavy (non-hydrogen) atoms. The molecule has 7 heteroatoms. The molecule has 2 N–H and O–H groups in total. The summed E-state index contributed by atoms with van der Waals surface area (Å²) in [7, 11) is 0. The molecule has 86 valence electrons. The Hall–Kier alpha value is -2.02. The Morgan fingerprint density at radius 2 is 2.35 bits per heavy atom. The van der Waals surface area contributed by atoms with E-state index in [2.05, 4.69) is 41.6 Å². The number of hydrogen-bond acceptors (Lipinski definition) is 5. The third-order valence-electron chi connectivity index (χ3n) is 1.81. The van der Waals surface area contributed by atoms with Crippen molar-refractivity contribution in [3.05, 3.63) is 50.9 Å². The summed E-state index contributed by atoms with van der Waals surface area (Å²) in [6, 6.07) is 7.63. The van der Waals surface area contributed by atoms with Crippen LogP contribution in [0.5, 0.6) is 0 Å². The van der Waals surface area contributed by atoms with E-state index < -0.39 is 0 Å². The van der Waals surface area contributed by atoms with Crippen molar-refractivity contribution >= 4 is 28.1 Å². The molecule has 1 aromatic heterocycles. The van der Waals surface area contributed by atoms with Crippen molar-refractivity contribution in [2.45, 2.75) is 0 Å². The average Bonchev–Trinajstić information content (AvgIpc) is 2.29. The number of hydrazone groups is 1. The van der Waals surface area contributed by atoms with Crippen LogP contribution in [0.1, 0.15) is 5.56 Å². The number of aromatic nitrogens is 3. The maximum absolute atomic E-state index is 10.9. The van der Waals surface area contributed by atoms with Crippen LogP contribution in [0.15, 0.2) is 44.8 Å². The van der Waals surface area contributed by atoms with Gasteiger partial charge in [-0.05, 0) is 17.7 Å². The van der Waals surface area contributed by atoms with E-state index in [4.69, 9.17) is 0 Å². The first-order valence-electron chi connectivity index (χ1n) is 4.71. The number of nitrogens with zero attached hydrogens (tertiary/aromatic N) is 3. The van der Waals surface area contributed by atoms with Gasteiger partial charge < -0.3 is 0 Å². The van der Waals surface area contributed by atoms with Crippen molar-refractivity contribution in [2.75, 3.05) is 5.43 Å². The minimum absolute atomic E-state index is 0.198. The lowest BCUT2D eigenvalue weighted by atomic mass is 10.2. The second kappa shape index (κ2) is 5.35. The Labute approximate surface area is 105 Å². The summed E-state index contributed by atoms with van der Waals surface area (Å²) in [6.07, 6.45) is 2.70. The van der Waals surface area contributed by atoms with Crippen molar-refractivity contribution in [3.8, 4) is 0 Å². The first kappa shape index (κ1) is 11.5. The molecule has 0 amide bonds. The van der Waals surface area contributed by atoms with E-state index in [-0.39, 0.29) is 11.5 Å². The highest BCUT2D eigenvalue weighted by Gasteiger charge is 1.92. The average molecular weight is 294 g/mol. The predicted molar refractivity (Wildman–Crippen MR) is 68.0 cm³/mol. The smallest absolute Gasteiger partial charge is 0.271 e. The largest absolute Gasteiger partial charge is 0.289 e. The highest BCUT2D eigenvalue weighted by molar-refractivity contribution is 9.10. The summed E-state index contributed by atoms with van der Waals surface area (Å²) >= 11 is 3.36. The second-order valence-electron chi connectivity index (χ2n) is 3.11. The van der Waals surface area contributed by atoms with Crippen LogP contribution in [-0.2, 0) is 0 Å². The zero-order valence-electron chi connectivity index (χ0n) is 8.59. The number of rotatable bonds is 3. The summed E-state index contributed by atoms with van der Waals surface area (Å²) in [4.78, 5) is 13.4. The molecule has 2 rings (SSSR count). The molecule has 0 radical (unpaired) electrons. The van der Waals surface area contributed by atoms with Crippen molar-refractivity contribution in [3.63, 3.8) is 0 Å². The molecule has 1 heterocycles. The van der Waals surface area contributed by atoms with E-state index >= 15 is 0 Å². The molecule has 6 nitrogen and oxygen atoms in total. The molecule has 0 unspecified atom stereocenters. The number of H-pyrrole nitrogens is 1. The maximum atomic E-state index is 10.9. The van der Waals surface area contributed by atoms with Crippen LogP contribution < -0.4 is 11.0 Å². The van der Waals surface area contributed by atoms with Crippen molar-refractivity contribution in [1.29, 1.82) is 0 Å². The van der Waals surface area contributed by atoms with E-state index in [0.717, 1.165) is 16.2 Å². The molecule has 0 atom stereocenters. The van der Waals surface area contributed by atoms with Crippen LogP contribution in [0.2, 0.25) is 0 Å². The topological polar surface area (TPSA) is 83.0 Å². The minimum Gasteiger partial charge on any atom is -0.289 e. The van der Waals surface area contributed by atoms with Crippen LogP contribution in [-0.4, -0.2) is 21.4 Å². The van der Waals surface area contributed by atoms with Gasteiger partial charge in [0.25, 0.3) is 5.56 Å². The van der Waals surface area contributed by atoms with Gasteiger partial charge in [0, 0.05) is 4.47 Å². The molecule has 0 aliphatic carbocycles. The van der Waals surface area contributed by atoms with Gasteiger partial charge in [-0.1, -0.05) is 28.1 Å². The number of halogens is 1. The lowest BCUT2D eigenvalue weighted by Gasteiger charge is -1.96. The summed E-state index contributed by atoms with van der Waals surface area (Å²) in [5, 5.41) is 11.1. The number of benzene rings is 1. The molecular weight excluding hydrogens is 286 g/mol. The molecule has 1 aromatic carbocycles. The molecule has 0 saturated carbocycles. The van der Waals surface area contributed by atoms with Gasteiger partial charge in [-0.25, -0.2) is 5.43 Å². The predicted octanol–water partition coefficient (Wildman–Crippen LogP) is 1.37. The number of hydrogen-bond donors (Lipinski definition) is 2. The number of anilines is 1. The number of aromatic amines is 1. The summed E-state index contributed by atoms with van der Waals surface area (Å²) in [6.45, 7) is 0. The third-order valence-corrected chi connectivity index (χ3v) is 2.30. The molecule has 0 fully saturated rings. The summed E-state index contributed by atoms with van der Waals surface area (Å²) < 4.78 is 0.967. The molecule has 0 aliphatic rings. The zero-order chi connectivity index (χ0) is 12.1. The van der Waals surface area contributed by atoms with E-state index in [9.17, 15) is 4.79 Å². The first-order valence-corrected chi connectivity index (χ1v) is 5.50. The van der Waals surface area contributed by atoms with Gasteiger partial charge in [0.05, 0.1) is 6.21 Å². The van der Waals surface area contributed by atoms with Gasteiger partial charge in [-0.2, -0.15) is 5.10 Å². The Morgan fingerprint density at radius 1 is 1.47 bits per heavy atom. The fourth-order valence-corrected chi connectivity index (χ4v) is 1.54. The van der Waals surface area contributed by atoms with E-state index in [1.165, 1.54) is 0 Å². The van der Waals surface area contributed by atoms with Gasteiger partial charge in [0.1, 0.15) is 6.20 Å². The SMILES string of the molecule is O=c1cnnc(N/N=C\c2cccc(Br)c2)[nH]1.